The number of allylic oxidation sites excluding steroid dienone is 1. The molecule has 4 aromatic rings. The lowest BCUT2D eigenvalue weighted by Crippen LogP contribution is -2.48. The van der Waals surface area contributed by atoms with Crippen LogP contribution in [0.15, 0.2) is 54.9 Å². The number of nitrogens with zero attached hydrogens (tertiary/aromatic N) is 7. The molecule has 3 aliphatic heterocycles. The summed E-state index contributed by atoms with van der Waals surface area (Å²) >= 11 is 0. The number of piperidine rings is 1. The minimum Gasteiger partial charge on any atom is -0.494 e. The van der Waals surface area contributed by atoms with Gasteiger partial charge in [0.2, 0.25) is 0 Å². The summed E-state index contributed by atoms with van der Waals surface area (Å²) in [5.74, 6) is -0.236. The van der Waals surface area contributed by atoms with Crippen molar-refractivity contribution < 1.29 is 9.13 Å². The van der Waals surface area contributed by atoms with E-state index in [1.165, 1.54) is 31.7 Å². The second kappa shape index (κ2) is 8.61. The van der Waals surface area contributed by atoms with Crippen LogP contribution in [0, 0.1) is 5.82 Å². The first-order chi connectivity index (χ1) is 18.1. The maximum atomic E-state index is 14.2. The van der Waals surface area contributed by atoms with Crippen LogP contribution < -0.4 is 9.64 Å². The van der Waals surface area contributed by atoms with Crippen molar-refractivity contribution in [3.05, 3.63) is 60.7 Å². The predicted octanol–water partition coefficient (Wildman–Crippen LogP) is 4.31. The van der Waals surface area contributed by atoms with Crippen LogP contribution >= 0.6 is 0 Å². The van der Waals surface area contributed by atoms with Gasteiger partial charge in [-0.05, 0) is 43.4 Å². The molecule has 0 N–H and O–H groups in total. The Hall–Kier alpha value is -3.88. The Morgan fingerprint density at radius 2 is 1.89 bits per heavy atom. The molecule has 3 aromatic heterocycles. The highest BCUT2D eigenvalue weighted by molar-refractivity contribution is 5.98. The van der Waals surface area contributed by atoms with Crippen LogP contribution in [-0.2, 0) is 0 Å². The summed E-state index contributed by atoms with van der Waals surface area (Å²) in [6, 6.07) is 6.29. The Morgan fingerprint density at radius 1 is 1.03 bits per heavy atom. The molecular formula is C28H30FN7O. The first kappa shape index (κ1) is 22.3. The van der Waals surface area contributed by atoms with E-state index in [1.807, 2.05) is 23.0 Å². The molecule has 1 atom stereocenters. The zero-order chi connectivity index (χ0) is 25.1. The van der Waals surface area contributed by atoms with Crippen molar-refractivity contribution in [2.75, 3.05) is 38.7 Å². The van der Waals surface area contributed by atoms with Gasteiger partial charge in [-0.3, -0.25) is 4.98 Å². The molecule has 2 bridgehead atoms. The molecule has 190 valence electrons. The number of hydrogen-bond acceptors (Lipinski definition) is 7. The average Bonchev–Trinajstić information content (AvgIpc) is 3.41. The fourth-order valence-electron chi connectivity index (χ4n) is 6.24. The van der Waals surface area contributed by atoms with E-state index in [-0.39, 0.29) is 5.75 Å². The number of halogens is 1. The van der Waals surface area contributed by atoms with Crippen LogP contribution in [0.2, 0.25) is 0 Å². The lowest BCUT2D eigenvalue weighted by molar-refractivity contribution is 0.163. The van der Waals surface area contributed by atoms with Gasteiger partial charge in [-0.25, -0.2) is 13.9 Å². The standard InChI is InChI=1S/C28H30FN7O/c1-33-19-3-4-20(33)16-35(15-19)18-6-9-34(10-7-18)21-13-31-28-24(14-32-36(28)17-21)22-5-8-30-26-12-25(29)27(37-2)11-23(22)26/h5,8,11-15,17-18,20H,3-4,6-7,9-10,16H2,1-2H3. The number of hydrogen-bond donors (Lipinski definition) is 0. The normalized spacial score (nSPS) is 20.2. The molecule has 1 unspecified atom stereocenters. The monoisotopic (exact) mass is 499 g/mol. The summed E-state index contributed by atoms with van der Waals surface area (Å²) in [6.45, 7) is 3.16. The second-order valence-corrected chi connectivity index (χ2v) is 10.3. The number of methoxy groups -OCH3 is 1. The van der Waals surface area contributed by atoms with Crippen molar-refractivity contribution in [2.45, 2.75) is 37.8 Å². The van der Waals surface area contributed by atoms with Crippen LogP contribution in [-0.4, -0.2) is 75.3 Å². The fraction of sp³-hybridized carbons (Fsp3) is 0.393. The van der Waals surface area contributed by atoms with Gasteiger partial charge in [0.25, 0.3) is 0 Å². The van der Waals surface area contributed by atoms with Crippen molar-refractivity contribution in [1.82, 2.24) is 29.4 Å². The Labute approximate surface area is 215 Å². The zero-order valence-corrected chi connectivity index (χ0v) is 21.1. The van der Waals surface area contributed by atoms with Gasteiger partial charge in [-0.2, -0.15) is 5.10 Å². The third kappa shape index (κ3) is 3.67. The van der Waals surface area contributed by atoms with Gasteiger partial charge in [-0.15, -0.1) is 0 Å². The van der Waals surface area contributed by atoms with E-state index in [1.54, 1.807) is 12.3 Å². The number of likely N-dealkylation sites (N-methyl/N-ethyl adjacent to an activating group) is 1. The number of ether oxygens (including phenoxy) is 1. The number of benzene rings is 1. The molecule has 7 rings (SSSR count). The zero-order valence-electron chi connectivity index (χ0n) is 21.1. The lowest BCUT2D eigenvalue weighted by atomic mass is 10.0. The Bertz CT molecular complexity index is 1520. The van der Waals surface area contributed by atoms with Crippen LogP contribution in [0.5, 0.6) is 5.75 Å². The van der Waals surface area contributed by atoms with E-state index < -0.39 is 5.82 Å². The van der Waals surface area contributed by atoms with Gasteiger partial charge in [-0.1, -0.05) is 0 Å². The molecule has 0 spiro atoms. The number of anilines is 1. The molecule has 8 nitrogen and oxygen atoms in total. The van der Waals surface area contributed by atoms with Gasteiger partial charge < -0.3 is 19.4 Å². The summed E-state index contributed by atoms with van der Waals surface area (Å²) in [6.07, 6.45) is 14.7. The first-order valence-corrected chi connectivity index (χ1v) is 13.0. The topological polar surface area (TPSA) is 62.0 Å². The van der Waals surface area contributed by atoms with Crippen molar-refractivity contribution in [3.8, 4) is 16.9 Å². The largest absolute Gasteiger partial charge is 0.494 e. The number of aromatic nitrogens is 4. The van der Waals surface area contributed by atoms with Gasteiger partial charge >= 0.3 is 0 Å². The van der Waals surface area contributed by atoms with E-state index in [0.29, 0.717) is 17.6 Å². The molecule has 37 heavy (non-hydrogen) atoms. The Morgan fingerprint density at radius 3 is 2.70 bits per heavy atom. The molecule has 3 aliphatic rings. The van der Waals surface area contributed by atoms with Crippen molar-refractivity contribution >= 4 is 22.2 Å². The van der Waals surface area contributed by atoms with E-state index in [4.69, 9.17) is 9.72 Å². The van der Waals surface area contributed by atoms with E-state index >= 15 is 0 Å². The molecule has 6 heterocycles. The third-order valence-corrected chi connectivity index (χ3v) is 8.42. The molecular weight excluding hydrogens is 469 g/mol. The number of pyridine rings is 1. The lowest BCUT2D eigenvalue weighted by Gasteiger charge is -2.43. The summed E-state index contributed by atoms with van der Waals surface area (Å²) in [7, 11) is 3.70. The van der Waals surface area contributed by atoms with E-state index in [2.05, 4.69) is 44.2 Å². The second-order valence-electron chi connectivity index (χ2n) is 10.3. The summed E-state index contributed by atoms with van der Waals surface area (Å²) in [5, 5.41) is 5.42. The fourth-order valence-corrected chi connectivity index (χ4v) is 6.24. The molecule has 2 saturated heterocycles. The van der Waals surface area contributed by atoms with Crippen LogP contribution in [0.25, 0.3) is 27.7 Å². The quantitative estimate of drug-likeness (QED) is 0.415. The highest BCUT2D eigenvalue weighted by atomic mass is 19.1. The van der Waals surface area contributed by atoms with Gasteiger partial charge in [0.1, 0.15) is 0 Å². The smallest absolute Gasteiger partial charge is 0.167 e. The van der Waals surface area contributed by atoms with Crippen LogP contribution in [0.1, 0.15) is 25.7 Å². The van der Waals surface area contributed by atoms with E-state index in [0.717, 1.165) is 60.3 Å². The Kier molecular flexibility index (Phi) is 5.19. The third-order valence-electron chi connectivity index (χ3n) is 8.42. The number of rotatable bonds is 4. The Balaban J connectivity index is 1.13. The predicted molar refractivity (Wildman–Crippen MR) is 141 cm³/mol. The van der Waals surface area contributed by atoms with Crippen molar-refractivity contribution in [3.63, 3.8) is 0 Å². The molecule has 9 heteroatoms. The van der Waals surface area contributed by atoms with Crippen LogP contribution in [0.4, 0.5) is 10.1 Å². The molecule has 0 saturated carbocycles. The molecule has 0 amide bonds. The maximum absolute atomic E-state index is 14.2. The maximum Gasteiger partial charge on any atom is 0.167 e. The molecule has 0 radical (unpaired) electrons. The highest BCUT2D eigenvalue weighted by Crippen LogP contribution is 2.35. The van der Waals surface area contributed by atoms with Gasteiger partial charge in [0.15, 0.2) is 17.2 Å². The summed E-state index contributed by atoms with van der Waals surface area (Å²) in [4.78, 5) is 16.6. The highest BCUT2D eigenvalue weighted by Gasteiger charge is 2.34. The number of fused-ring (bicyclic) bond motifs is 4. The summed E-state index contributed by atoms with van der Waals surface area (Å²) < 4.78 is 21.3. The van der Waals surface area contributed by atoms with Gasteiger partial charge in [0.05, 0.1) is 36.9 Å². The van der Waals surface area contributed by atoms with Gasteiger partial charge in [0, 0.05) is 73.9 Å². The SMILES string of the molecule is COc1cc2c(-c3cnn4cc(N5CCC(N6C=C7CCC(C6)N7C)CC5)cnc34)ccnc2cc1F. The first-order valence-electron chi connectivity index (χ1n) is 13.0. The molecule has 2 fully saturated rings. The summed E-state index contributed by atoms with van der Waals surface area (Å²) in [5.41, 5.74) is 5.68. The minimum atomic E-state index is -0.428. The molecule has 1 aromatic carbocycles. The van der Waals surface area contributed by atoms with Crippen LogP contribution in [0.3, 0.4) is 0 Å². The van der Waals surface area contributed by atoms with Crippen molar-refractivity contribution in [2.24, 2.45) is 0 Å². The minimum absolute atomic E-state index is 0.192. The average molecular weight is 500 g/mol. The van der Waals surface area contributed by atoms with Crippen molar-refractivity contribution in [1.29, 1.82) is 0 Å². The van der Waals surface area contributed by atoms with E-state index in [9.17, 15) is 4.39 Å². The molecule has 0 aliphatic carbocycles.